The number of rotatable bonds is 7. The summed E-state index contributed by atoms with van der Waals surface area (Å²) in [6.07, 6.45) is 2.72. The van der Waals surface area contributed by atoms with Crippen molar-refractivity contribution in [2.45, 2.75) is 39.2 Å². The van der Waals surface area contributed by atoms with Crippen LogP contribution in [0.1, 0.15) is 33.1 Å². The minimum Gasteiger partial charge on any atom is -0.399 e. The molecule has 1 aromatic carbocycles. The Hall–Kier alpha value is -1.55. The van der Waals surface area contributed by atoms with Crippen LogP contribution in [0.2, 0.25) is 0 Å². The third-order valence-corrected chi connectivity index (χ3v) is 2.62. The maximum Gasteiger partial charge on any atom is 0.226 e. The molecule has 1 unspecified atom stereocenters. The van der Waals surface area contributed by atoms with Gasteiger partial charge in [-0.3, -0.25) is 4.79 Å². The molecule has 3 N–H and O–H groups in total. The molecule has 1 amide bonds. The van der Waals surface area contributed by atoms with Crippen molar-refractivity contribution >= 4 is 17.3 Å². The van der Waals surface area contributed by atoms with Crippen LogP contribution in [0.3, 0.4) is 0 Å². The minimum absolute atomic E-state index is 0.0385. The minimum atomic E-state index is -0.0385. The van der Waals surface area contributed by atoms with Gasteiger partial charge in [-0.15, -0.1) is 0 Å². The normalized spacial score (nSPS) is 12.1. The molecule has 0 aliphatic rings. The van der Waals surface area contributed by atoms with Gasteiger partial charge < -0.3 is 15.8 Å². The van der Waals surface area contributed by atoms with Crippen LogP contribution in [0, 0.1) is 0 Å². The van der Waals surface area contributed by atoms with Gasteiger partial charge in [0.2, 0.25) is 5.91 Å². The van der Waals surface area contributed by atoms with E-state index in [1.54, 1.807) is 24.3 Å². The molecule has 0 radical (unpaired) electrons. The Bertz CT molecular complexity index is 363. The maximum atomic E-state index is 11.6. The van der Waals surface area contributed by atoms with E-state index in [-0.39, 0.29) is 12.0 Å². The summed E-state index contributed by atoms with van der Waals surface area (Å²) in [4.78, 5) is 11.6. The quantitative estimate of drug-likeness (QED) is 0.731. The summed E-state index contributed by atoms with van der Waals surface area (Å²) in [5, 5.41) is 2.80. The molecule has 1 rings (SSSR count). The Morgan fingerprint density at radius 2 is 2.06 bits per heavy atom. The number of ether oxygens (including phenoxy) is 1. The second kappa shape index (κ2) is 7.71. The molecule has 100 valence electrons. The van der Waals surface area contributed by atoms with E-state index in [2.05, 4.69) is 12.2 Å². The predicted octanol–water partition coefficient (Wildman–Crippen LogP) is 2.80. The van der Waals surface area contributed by atoms with E-state index in [0.29, 0.717) is 18.7 Å². The Morgan fingerprint density at radius 3 is 2.67 bits per heavy atom. The van der Waals surface area contributed by atoms with Gasteiger partial charge in [0.1, 0.15) is 0 Å². The highest BCUT2D eigenvalue weighted by Crippen LogP contribution is 2.10. The molecule has 0 aliphatic carbocycles. The van der Waals surface area contributed by atoms with Gasteiger partial charge in [-0.1, -0.05) is 13.3 Å². The highest BCUT2D eigenvalue weighted by molar-refractivity contribution is 5.90. The van der Waals surface area contributed by atoms with Crippen molar-refractivity contribution in [1.82, 2.24) is 0 Å². The van der Waals surface area contributed by atoms with E-state index in [1.807, 2.05) is 6.92 Å². The number of nitrogen functional groups attached to an aromatic ring is 1. The first-order valence-electron chi connectivity index (χ1n) is 6.38. The molecule has 18 heavy (non-hydrogen) atoms. The van der Waals surface area contributed by atoms with Gasteiger partial charge in [0, 0.05) is 11.4 Å². The molecular weight excluding hydrogens is 228 g/mol. The van der Waals surface area contributed by atoms with Gasteiger partial charge in [0.25, 0.3) is 0 Å². The second-order valence-electron chi connectivity index (χ2n) is 4.39. The summed E-state index contributed by atoms with van der Waals surface area (Å²) in [6.45, 7) is 4.61. The zero-order valence-corrected chi connectivity index (χ0v) is 11.1. The lowest BCUT2D eigenvalue weighted by Gasteiger charge is -2.11. The highest BCUT2D eigenvalue weighted by atomic mass is 16.5. The molecule has 0 bridgehead atoms. The van der Waals surface area contributed by atoms with Gasteiger partial charge in [0.05, 0.1) is 19.1 Å². The molecule has 0 aromatic heterocycles. The van der Waals surface area contributed by atoms with Crippen molar-refractivity contribution in [1.29, 1.82) is 0 Å². The number of carbonyl (C=O) groups is 1. The van der Waals surface area contributed by atoms with Gasteiger partial charge >= 0.3 is 0 Å². The first-order chi connectivity index (χ1) is 8.61. The molecule has 0 heterocycles. The summed E-state index contributed by atoms with van der Waals surface area (Å²) < 4.78 is 5.53. The maximum absolute atomic E-state index is 11.6. The summed E-state index contributed by atoms with van der Waals surface area (Å²) >= 11 is 0. The molecule has 0 saturated heterocycles. The van der Waals surface area contributed by atoms with Gasteiger partial charge in [-0.2, -0.15) is 0 Å². The van der Waals surface area contributed by atoms with E-state index < -0.39 is 0 Å². The molecule has 0 spiro atoms. The van der Waals surface area contributed by atoms with E-state index in [1.165, 1.54) is 0 Å². The Kier molecular flexibility index (Phi) is 6.22. The number of nitrogens with one attached hydrogen (secondary N) is 1. The number of hydrogen-bond donors (Lipinski definition) is 2. The van der Waals surface area contributed by atoms with Crippen molar-refractivity contribution in [3.05, 3.63) is 24.3 Å². The van der Waals surface area contributed by atoms with Crippen LogP contribution < -0.4 is 11.1 Å². The zero-order valence-electron chi connectivity index (χ0n) is 11.1. The first kappa shape index (κ1) is 14.5. The number of anilines is 2. The second-order valence-corrected chi connectivity index (χ2v) is 4.39. The van der Waals surface area contributed by atoms with E-state index in [0.717, 1.165) is 18.5 Å². The molecule has 1 atom stereocenters. The zero-order chi connectivity index (χ0) is 13.4. The van der Waals surface area contributed by atoms with Crippen LogP contribution in [-0.2, 0) is 9.53 Å². The van der Waals surface area contributed by atoms with Crippen molar-refractivity contribution in [2.75, 3.05) is 17.7 Å². The largest absolute Gasteiger partial charge is 0.399 e. The van der Waals surface area contributed by atoms with Crippen LogP contribution in [0.4, 0.5) is 11.4 Å². The SMILES string of the molecule is CCCC(C)OCCC(=O)Nc1ccc(N)cc1. The first-order valence-corrected chi connectivity index (χ1v) is 6.38. The molecule has 0 fully saturated rings. The number of carbonyl (C=O) groups excluding carboxylic acids is 1. The van der Waals surface area contributed by atoms with Crippen molar-refractivity contribution in [2.24, 2.45) is 0 Å². The standard InChI is InChI=1S/C14H22N2O2/c1-3-4-11(2)18-10-9-14(17)16-13-7-5-12(15)6-8-13/h5-8,11H,3-4,9-10,15H2,1-2H3,(H,16,17). The van der Waals surface area contributed by atoms with E-state index in [9.17, 15) is 4.79 Å². The van der Waals surface area contributed by atoms with Gasteiger partial charge in [0.15, 0.2) is 0 Å². The van der Waals surface area contributed by atoms with E-state index in [4.69, 9.17) is 10.5 Å². The lowest BCUT2D eigenvalue weighted by Crippen LogP contribution is -2.16. The number of nitrogens with two attached hydrogens (primary N) is 1. The summed E-state index contributed by atoms with van der Waals surface area (Å²) in [7, 11) is 0. The lowest BCUT2D eigenvalue weighted by molar-refractivity contribution is -0.117. The molecule has 0 aliphatic heterocycles. The third-order valence-electron chi connectivity index (χ3n) is 2.62. The monoisotopic (exact) mass is 250 g/mol. The van der Waals surface area contributed by atoms with Crippen LogP contribution in [0.15, 0.2) is 24.3 Å². The van der Waals surface area contributed by atoms with Crippen molar-refractivity contribution in [3.8, 4) is 0 Å². The van der Waals surface area contributed by atoms with Crippen LogP contribution in [-0.4, -0.2) is 18.6 Å². The Labute approximate surface area is 109 Å². The van der Waals surface area contributed by atoms with Crippen molar-refractivity contribution < 1.29 is 9.53 Å². The molecule has 0 saturated carbocycles. The highest BCUT2D eigenvalue weighted by Gasteiger charge is 2.05. The number of benzene rings is 1. The van der Waals surface area contributed by atoms with Crippen LogP contribution in [0.25, 0.3) is 0 Å². The van der Waals surface area contributed by atoms with Crippen LogP contribution >= 0.6 is 0 Å². The number of amides is 1. The lowest BCUT2D eigenvalue weighted by atomic mass is 10.2. The predicted molar refractivity (Wildman–Crippen MR) is 74.4 cm³/mol. The van der Waals surface area contributed by atoms with Crippen LogP contribution in [0.5, 0.6) is 0 Å². The van der Waals surface area contributed by atoms with E-state index >= 15 is 0 Å². The fourth-order valence-corrected chi connectivity index (χ4v) is 1.63. The van der Waals surface area contributed by atoms with Crippen molar-refractivity contribution in [3.63, 3.8) is 0 Å². The average Bonchev–Trinajstić information content (AvgIpc) is 2.32. The third kappa shape index (κ3) is 5.68. The molecule has 1 aromatic rings. The Balaban J connectivity index is 2.23. The topological polar surface area (TPSA) is 64.3 Å². The van der Waals surface area contributed by atoms with Gasteiger partial charge in [-0.25, -0.2) is 0 Å². The Morgan fingerprint density at radius 1 is 1.39 bits per heavy atom. The summed E-state index contributed by atoms with van der Waals surface area (Å²) in [5.41, 5.74) is 7.01. The summed E-state index contributed by atoms with van der Waals surface area (Å²) in [5.74, 6) is -0.0385. The van der Waals surface area contributed by atoms with Gasteiger partial charge in [-0.05, 0) is 37.6 Å². The average molecular weight is 250 g/mol. The fraction of sp³-hybridized carbons (Fsp3) is 0.500. The number of hydrogen-bond acceptors (Lipinski definition) is 3. The molecule has 4 nitrogen and oxygen atoms in total. The molecule has 4 heteroatoms. The fourth-order valence-electron chi connectivity index (χ4n) is 1.63. The molecular formula is C14H22N2O2. The summed E-state index contributed by atoms with van der Waals surface area (Å²) in [6, 6.07) is 7.09. The smallest absolute Gasteiger partial charge is 0.226 e.